The van der Waals surface area contributed by atoms with Crippen LogP contribution in [0.25, 0.3) is 0 Å². The molecule has 1 aliphatic rings. The fraction of sp³-hybridized carbons (Fsp3) is 0.118. The van der Waals surface area contributed by atoms with Gasteiger partial charge in [0.2, 0.25) is 5.91 Å². The van der Waals surface area contributed by atoms with Crippen molar-refractivity contribution in [1.82, 2.24) is 5.32 Å². The van der Waals surface area contributed by atoms with E-state index in [2.05, 4.69) is 15.5 Å². The second-order valence-electron chi connectivity index (χ2n) is 5.06. The zero-order chi connectivity index (χ0) is 17.6. The Labute approximate surface area is 159 Å². The van der Waals surface area contributed by atoms with Gasteiger partial charge in [0.05, 0.1) is 22.0 Å². The Morgan fingerprint density at radius 3 is 2.56 bits per heavy atom. The van der Waals surface area contributed by atoms with Crippen molar-refractivity contribution in [3.05, 3.63) is 63.6 Å². The Balaban J connectivity index is 1.68. The van der Waals surface area contributed by atoms with Crippen LogP contribution in [0.3, 0.4) is 0 Å². The van der Waals surface area contributed by atoms with Crippen molar-refractivity contribution in [2.75, 3.05) is 5.75 Å². The van der Waals surface area contributed by atoms with Crippen molar-refractivity contribution in [3.63, 3.8) is 0 Å². The molecule has 0 spiro atoms. The second-order valence-corrected chi connectivity index (χ2v) is 6.84. The molecule has 2 aromatic rings. The molecule has 0 saturated carbocycles. The maximum absolute atomic E-state index is 11.1. The van der Waals surface area contributed by atoms with E-state index in [-0.39, 0.29) is 5.91 Å². The molecule has 0 bridgehead atoms. The molecule has 0 radical (unpaired) electrons. The molecule has 1 saturated heterocycles. The molecule has 1 fully saturated rings. The quantitative estimate of drug-likeness (QED) is 0.613. The third kappa shape index (κ3) is 4.98. The molecule has 2 aromatic carbocycles. The summed E-state index contributed by atoms with van der Waals surface area (Å²) in [7, 11) is 0. The molecule has 1 aliphatic heterocycles. The highest BCUT2D eigenvalue weighted by Gasteiger charge is 2.16. The van der Waals surface area contributed by atoms with Crippen LogP contribution in [0, 0.1) is 0 Å². The molecule has 0 unspecified atom stereocenters. The van der Waals surface area contributed by atoms with Crippen molar-refractivity contribution in [2.24, 2.45) is 10.2 Å². The fourth-order valence-corrected chi connectivity index (χ4v) is 3.22. The van der Waals surface area contributed by atoms with Crippen molar-refractivity contribution >= 4 is 52.3 Å². The van der Waals surface area contributed by atoms with E-state index in [0.717, 1.165) is 5.56 Å². The van der Waals surface area contributed by atoms with Gasteiger partial charge in [0.1, 0.15) is 12.4 Å². The van der Waals surface area contributed by atoms with Gasteiger partial charge in [0.15, 0.2) is 5.17 Å². The SMILES string of the molecule is O=C1CSC(=NN=Cc2c(Cl)cc(OCc3ccccc3)cc2Cl)N1. The molecule has 1 heterocycles. The number of carbonyl (C=O) groups excluding carboxylic acids is 1. The summed E-state index contributed by atoms with van der Waals surface area (Å²) in [4.78, 5) is 11.1. The largest absolute Gasteiger partial charge is 0.489 e. The summed E-state index contributed by atoms with van der Waals surface area (Å²) < 4.78 is 5.71. The predicted molar refractivity (Wildman–Crippen MR) is 103 cm³/mol. The number of amides is 1. The van der Waals surface area contributed by atoms with Crippen LogP contribution in [0.4, 0.5) is 0 Å². The zero-order valence-corrected chi connectivity index (χ0v) is 15.2. The molecule has 3 rings (SSSR count). The summed E-state index contributed by atoms with van der Waals surface area (Å²) >= 11 is 13.8. The van der Waals surface area contributed by atoms with Gasteiger partial charge in [-0.05, 0) is 17.7 Å². The molecular formula is C17H13Cl2N3O2S. The van der Waals surface area contributed by atoms with E-state index >= 15 is 0 Å². The molecule has 1 amide bonds. The first kappa shape index (κ1) is 17.8. The van der Waals surface area contributed by atoms with Gasteiger partial charge in [-0.3, -0.25) is 4.79 Å². The number of thioether (sulfide) groups is 1. The van der Waals surface area contributed by atoms with E-state index in [4.69, 9.17) is 27.9 Å². The van der Waals surface area contributed by atoms with Crippen LogP contribution in [0.1, 0.15) is 11.1 Å². The van der Waals surface area contributed by atoms with Crippen LogP contribution >= 0.6 is 35.0 Å². The minimum atomic E-state index is -0.0880. The van der Waals surface area contributed by atoms with E-state index in [1.165, 1.54) is 18.0 Å². The summed E-state index contributed by atoms with van der Waals surface area (Å²) in [5.74, 6) is 0.833. The van der Waals surface area contributed by atoms with E-state index in [1.807, 2.05) is 30.3 Å². The first-order valence-corrected chi connectivity index (χ1v) is 9.05. The summed E-state index contributed by atoms with van der Waals surface area (Å²) in [5, 5.41) is 11.7. The number of benzene rings is 2. The third-order valence-electron chi connectivity index (χ3n) is 3.22. The van der Waals surface area contributed by atoms with Crippen LogP contribution in [0.5, 0.6) is 5.75 Å². The molecule has 1 N–H and O–H groups in total. The summed E-state index contributed by atoms with van der Waals surface area (Å²) in [6.45, 7) is 0.422. The predicted octanol–water partition coefficient (Wildman–Crippen LogP) is 4.13. The number of halogens is 2. The Morgan fingerprint density at radius 2 is 1.92 bits per heavy atom. The van der Waals surface area contributed by atoms with Gasteiger partial charge < -0.3 is 10.1 Å². The fourth-order valence-electron chi connectivity index (χ4n) is 2.03. The van der Waals surface area contributed by atoms with Gasteiger partial charge >= 0.3 is 0 Å². The van der Waals surface area contributed by atoms with Crippen LogP contribution in [-0.2, 0) is 11.4 Å². The van der Waals surface area contributed by atoms with Gasteiger partial charge in [0.25, 0.3) is 0 Å². The van der Waals surface area contributed by atoms with Crippen LogP contribution in [-0.4, -0.2) is 23.0 Å². The number of nitrogens with one attached hydrogen (secondary N) is 1. The van der Waals surface area contributed by atoms with Gasteiger partial charge in [-0.1, -0.05) is 65.3 Å². The lowest BCUT2D eigenvalue weighted by Crippen LogP contribution is -2.19. The summed E-state index contributed by atoms with van der Waals surface area (Å²) in [5.41, 5.74) is 1.58. The molecule has 8 heteroatoms. The van der Waals surface area contributed by atoms with Crippen molar-refractivity contribution in [3.8, 4) is 5.75 Å². The Hall–Kier alpha value is -2.02. The van der Waals surface area contributed by atoms with E-state index in [9.17, 15) is 4.79 Å². The molecule has 0 atom stereocenters. The Kier molecular flexibility index (Phi) is 5.96. The van der Waals surface area contributed by atoms with E-state index in [1.54, 1.807) is 12.1 Å². The number of amidine groups is 1. The average molecular weight is 394 g/mol. The molecule has 128 valence electrons. The topological polar surface area (TPSA) is 63.0 Å². The number of hydrogen-bond acceptors (Lipinski definition) is 5. The maximum atomic E-state index is 11.1. The second kappa shape index (κ2) is 8.38. The smallest absolute Gasteiger partial charge is 0.236 e. The lowest BCUT2D eigenvalue weighted by atomic mass is 10.2. The normalized spacial score (nSPS) is 15.8. The molecule has 0 aliphatic carbocycles. The monoisotopic (exact) mass is 393 g/mol. The summed E-state index contributed by atoms with van der Waals surface area (Å²) in [6.07, 6.45) is 1.45. The van der Waals surface area contributed by atoms with Gasteiger partial charge in [-0.25, -0.2) is 0 Å². The molecular weight excluding hydrogens is 381 g/mol. The number of nitrogens with zero attached hydrogens (tertiary/aromatic N) is 2. The highest BCUT2D eigenvalue weighted by Crippen LogP contribution is 2.29. The highest BCUT2D eigenvalue weighted by molar-refractivity contribution is 8.15. The van der Waals surface area contributed by atoms with Gasteiger partial charge in [-0.15, -0.1) is 5.10 Å². The summed E-state index contributed by atoms with van der Waals surface area (Å²) in [6, 6.07) is 13.2. The number of carbonyl (C=O) groups is 1. The van der Waals surface area contributed by atoms with E-state index < -0.39 is 0 Å². The first-order chi connectivity index (χ1) is 12.1. The number of rotatable bonds is 5. The molecule has 25 heavy (non-hydrogen) atoms. The highest BCUT2D eigenvalue weighted by atomic mass is 35.5. The molecule has 0 aromatic heterocycles. The first-order valence-electron chi connectivity index (χ1n) is 7.31. The van der Waals surface area contributed by atoms with Crippen LogP contribution in [0.2, 0.25) is 10.0 Å². The maximum Gasteiger partial charge on any atom is 0.236 e. The van der Waals surface area contributed by atoms with Crippen LogP contribution < -0.4 is 10.1 Å². The standard InChI is InChI=1S/C17H13Cl2N3O2S/c18-14-6-12(24-9-11-4-2-1-3-5-11)7-15(19)13(14)8-20-22-17-21-16(23)10-25-17/h1-8H,9-10H2,(H,21,22,23). The lowest BCUT2D eigenvalue weighted by molar-refractivity contribution is -0.116. The minimum absolute atomic E-state index is 0.0880. The number of ether oxygens (including phenoxy) is 1. The van der Waals surface area contributed by atoms with Crippen molar-refractivity contribution in [2.45, 2.75) is 6.61 Å². The third-order valence-corrected chi connectivity index (χ3v) is 4.71. The van der Waals surface area contributed by atoms with Gasteiger partial charge in [-0.2, -0.15) is 5.10 Å². The van der Waals surface area contributed by atoms with Crippen molar-refractivity contribution < 1.29 is 9.53 Å². The van der Waals surface area contributed by atoms with E-state index in [0.29, 0.717) is 38.9 Å². The lowest BCUT2D eigenvalue weighted by Gasteiger charge is -2.09. The zero-order valence-electron chi connectivity index (χ0n) is 12.9. The average Bonchev–Trinajstić information content (AvgIpc) is 3.02. The van der Waals surface area contributed by atoms with Crippen LogP contribution in [0.15, 0.2) is 52.7 Å². The number of hydrogen-bond donors (Lipinski definition) is 1. The Bertz CT molecular complexity index is 818. The Morgan fingerprint density at radius 1 is 1.20 bits per heavy atom. The van der Waals surface area contributed by atoms with Gasteiger partial charge in [0, 0.05) is 5.56 Å². The minimum Gasteiger partial charge on any atom is -0.489 e. The molecule has 5 nitrogen and oxygen atoms in total. The van der Waals surface area contributed by atoms with Crippen molar-refractivity contribution in [1.29, 1.82) is 0 Å².